The molecule has 0 saturated carbocycles. The van der Waals surface area contributed by atoms with Gasteiger partial charge < -0.3 is 29.3 Å². The van der Waals surface area contributed by atoms with Crippen LogP contribution in [0.5, 0.6) is 6.01 Å². The SMILES string of the molecule is Nc1nnc(-c2ccc(-c3ccc(-c4cc5nc(OC6CO[C@@H]7CCO[C@H]67)[nH]c5cc4Cl)cc3)cc2)o1. The first kappa shape index (κ1) is 22.3. The van der Waals surface area contributed by atoms with Gasteiger partial charge in [-0.05, 0) is 47.4 Å². The number of halogens is 1. The van der Waals surface area contributed by atoms with Crippen LogP contribution in [-0.2, 0) is 9.47 Å². The van der Waals surface area contributed by atoms with Crippen molar-refractivity contribution in [3.8, 4) is 39.7 Å². The molecule has 5 aromatic rings. The van der Waals surface area contributed by atoms with E-state index in [-0.39, 0.29) is 24.3 Å². The molecule has 0 spiro atoms. The van der Waals surface area contributed by atoms with E-state index in [9.17, 15) is 0 Å². The number of nitrogen functional groups attached to an aromatic ring is 1. The van der Waals surface area contributed by atoms with Crippen molar-refractivity contribution in [3.05, 3.63) is 65.7 Å². The van der Waals surface area contributed by atoms with Gasteiger partial charge in [-0.15, -0.1) is 5.10 Å². The quantitative estimate of drug-likeness (QED) is 0.331. The summed E-state index contributed by atoms with van der Waals surface area (Å²) in [5, 5.41) is 8.25. The van der Waals surface area contributed by atoms with Crippen molar-refractivity contribution in [2.45, 2.75) is 24.7 Å². The maximum atomic E-state index is 6.67. The van der Waals surface area contributed by atoms with Gasteiger partial charge in [0.05, 0.1) is 28.8 Å². The number of hydrogen-bond acceptors (Lipinski definition) is 8. The largest absolute Gasteiger partial charge is 0.456 e. The average molecular weight is 516 g/mol. The van der Waals surface area contributed by atoms with Gasteiger partial charge in [0.2, 0.25) is 5.89 Å². The van der Waals surface area contributed by atoms with Gasteiger partial charge in [0.15, 0.2) is 6.10 Å². The Kier molecular flexibility index (Phi) is 5.35. The van der Waals surface area contributed by atoms with E-state index in [0.717, 1.165) is 45.3 Å². The third-order valence-electron chi connectivity index (χ3n) is 6.83. The summed E-state index contributed by atoms with van der Waals surface area (Å²) < 4.78 is 22.9. The van der Waals surface area contributed by atoms with E-state index in [0.29, 0.717) is 30.1 Å². The molecule has 3 aromatic carbocycles. The van der Waals surface area contributed by atoms with Gasteiger partial charge in [-0.25, -0.2) is 0 Å². The van der Waals surface area contributed by atoms with Gasteiger partial charge in [-0.3, -0.25) is 0 Å². The van der Waals surface area contributed by atoms with Crippen molar-refractivity contribution in [2.75, 3.05) is 18.9 Å². The number of ether oxygens (including phenoxy) is 3. The number of H-pyrrole nitrogens is 1. The molecule has 2 aliphatic heterocycles. The molecule has 3 N–H and O–H groups in total. The third kappa shape index (κ3) is 4.11. The Labute approximate surface area is 216 Å². The zero-order valence-electron chi connectivity index (χ0n) is 19.6. The molecule has 2 fully saturated rings. The Morgan fingerprint density at radius 3 is 2.38 bits per heavy atom. The molecule has 0 radical (unpaired) electrons. The molecule has 3 atom stereocenters. The Morgan fingerprint density at radius 1 is 0.919 bits per heavy atom. The van der Waals surface area contributed by atoms with Gasteiger partial charge in [0, 0.05) is 17.7 Å². The highest BCUT2D eigenvalue weighted by atomic mass is 35.5. The molecule has 9 nitrogen and oxygen atoms in total. The van der Waals surface area contributed by atoms with E-state index < -0.39 is 0 Å². The van der Waals surface area contributed by atoms with E-state index in [2.05, 4.69) is 32.3 Å². The summed E-state index contributed by atoms with van der Waals surface area (Å²) >= 11 is 6.67. The lowest BCUT2D eigenvalue weighted by molar-refractivity contribution is 0.0273. The minimum Gasteiger partial charge on any atom is -0.456 e. The van der Waals surface area contributed by atoms with Crippen molar-refractivity contribution in [1.82, 2.24) is 20.2 Å². The molecule has 0 aliphatic carbocycles. The average Bonchev–Trinajstić information content (AvgIpc) is 3.70. The second kappa shape index (κ2) is 8.88. The second-order valence-electron chi connectivity index (χ2n) is 9.14. The topological polar surface area (TPSA) is 121 Å². The van der Waals surface area contributed by atoms with Gasteiger partial charge in [0.25, 0.3) is 6.01 Å². The van der Waals surface area contributed by atoms with Crippen molar-refractivity contribution in [1.29, 1.82) is 0 Å². The molecular formula is C27H22ClN5O4. The second-order valence-corrected chi connectivity index (χ2v) is 9.55. The summed E-state index contributed by atoms with van der Waals surface area (Å²) in [6.07, 6.45) is 0.805. The molecule has 2 aliphatic rings. The number of anilines is 1. The summed E-state index contributed by atoms with van der Waals surface area (Å²) in [5.41, 5.74) is 11.9. The van der Waals surface area contributed by atoms with Crippen LogP contribution >= 0.6 is 11.6 Å². The molecular weight excluding hydrogens is 494 g/mol. The minimum atomic E-state index is -0.172. The van der Waals surface area contributed by atoms with Gasteiger partial charge in [0.1, 0.15) is 6.10 Å². The Hall–Kier alpha value is -3.92. The van der Waals surface area contributed by atoms with Gasteiger partial charge in [-0.2, -0.15) is 4.98 Å². The molecule has 2 saturated heterocycles. The monoisotopic (exact) mass is 515 g/mol. The lowest BCUT2D eigenvalue weighted by Crippen LogP contribution is -2.32. The molecule has 4 heterocycles. The highest BCUT2D eigenvalue weighted by Crippen LogP contribution is 2.35. The predicted molar refractivity (Wildman–Crippen MR) is 138 cm³/mol. The van der Waals surface area contributed by atoms with Gasteiger partial charge >= 0.3 is 6.01 Å². The molecule has 37 heavy (non-hydrogen) atoms. The number of benzene rings is 3. The van der Waals surface area contributed by atoms with E-state index in [4.69, 9.17) is 36.0 Å². The normalized spacial score (nSPS) is 20.9. The highest BCUT2D eigenvalue weighted by Gasteiger charge is 2.43. The van der Waals surface area contributed by atoms with E-state index in [1.54, 1.807) is 0 Å². The molecule has 186 valence electrons. The van der Waals surface area contributed by atoms with Crippen molar-refractivity contribution < 1.29 is 18.6 Å². The molecule has 7 rings (SSSR count). The number of aromatic nitrogens is 4. The first-order valence-electron chi connectivity index (χ1n) is 12.0. The van der Waals surface area contributed by atoms with Crippen LogP contribution in [0.2, 0.25) is 5.02 Å². The number of aromatic amines is 1. The molecule has 0 bridgehead atoms. The highest BCUT2D eigenvalue weighted by molar-refractivity contribution is 6.34. The van der Waals surface area contributed by atoms with E-state index >= 15 is 0 Å². The van der Waals surface area contributed by atoms with Crippen LogP contribution in [0.1, 0.15) is 6.42 Å². The minimum absolute atomic E-state index is 0.0420. The Balaban J connectivity index is 1.11. The number of nitrogens with two attached hydrogens (primary N) is 1. The summed E-state index contributed by atoms with van der Waals surface area (Å²) in [4.78, 5) is 7.86. The van der Waals surface area contributed by atoms with E-state index in [1.165, 1.54) is 0 Å². The van der Waals surface area contributed by atoms with Crippen LogP contribution in [0.15, 0.2) is 65.1 Å². The number of fused-ring (bicyclic) bond motifs is 2. The number of imidazole rings is 1. The molecule has 2 aromatic heterocycles. The smallest absolute Gasteiger partial charge is 0.313 e. The number of nitrogens with one attached hydrogen (secondary N) is 1. The van der Waals surface area contributed by atoms with Crippen LogP contribution in [0.25, 0.3) is 44.7 Å². The number of rotatable bonds is 5. The predicted octanol–water partition coefficient (Wildman–Crippen LogP) is 5.12. The number of hydrogen-bond donors (Lipinski definition) is 2. The van der Waals surface area contributed by atoms with Crippen molar-refractivity contribution in [3.63, 3.8) is 0 Å². The van der Waals surface area contributed by atoms with Crippen LogP contribution in [-0.4, -0.2) is 51.7 Å². The van der Waals surface area contributed by atoms with Crippen LogP contribution in [0.3, 0.4) is 0 Å². The first-order valence-corrected chi connectivity index (χ1v) is 12.4. The standard InChI is InChI=1S/C27H22ClN5O4/c28-19-12-21-20(30-27(31-21)36-23-13-35-22-9-10-34-24(22)23)11-18(19)16-5-1-14(2-6-16)15-3-7-17(8-4-15)25-32-33-26(29)37-25/h1-8,11-12,22-24H,9-10,13H2,(H2,29,33)(H,30,31)/t22-,23?,24+/m1/s1. The fourth-order valence-corrected chi connectivity index (χ4v) is 5.23. The number of nitrogens with zero attached hydrogens (tertiary/aromatic N) is 3. The van der Waals surface area contributed by atoms with Crippen molar-refractivity contribution in [2.24, 2.45) is 0 Å². The van der Waals surface area contributed by atoms with E-state index in [1.807, 2.05) is 48.5 Å². The molecule has 0 amide bonds. The fraction of sp³-hybridized carbons (Fsp3) is 0.222. The fourth-order valence-electron chi connectivity index (χ4n) is 4.96. The maximum Gasteiger partial charge on any atom is 0.313 e. The van der Waals surface area contributed by atoms with Crippen LogP contribution in [0.4, 0.5) is 6.01 Å². The van der Waals surface area contributed by atoms with Crippen LogP contribution in [0, 0.1) is 0 Å². The summed E-state index contributed by atoms with van der Waals surface area (Å²) in [5.74, 6) is 0.393. The summed E-state index contributed by atoms with van der Waals surface area (Å²) in [7, 11) is 0. The zero-order valence-corrected chi connectivity index (χ0v) is 20.3. The van der Waals surface area contributed by atoms with Crippen molar-refractivity contribution >= 4 is 28.6 Å². The summed E-state index contributed by atoms with van der Waals surface area (Å²) in [6.45, 7) is 1.20. The summed E-state index contributed by atoms with van der Waals surface area (Å²) in [6, 6.07) is 20.4. The lowest BCUT2D eigenvalue weighted by atomic mass is 9.99. The first-order chi connectivity index (χ1) is 18.1. The maximum absolute atomic E-state index is 6.67. The Morgan fingerprint density at radius 2 is 1.65 bits per heavy atom. The third-order valence-corrected chi connectivity index (χ3v) is 7.15. The molecule has 1 unspecified atom stereocenters. The lowest BCUT2D eigenvalue weighted by Gasteiger charge is -2.15. The van der Waals surface area contributed by atoms with Gasteiger partial charge in [-0.1, -0.05) is 53.1 Å². The molecule has 10 heteroatoms. The van der Waals surface area contributed by atoms with Crippen LogP contribution < -0.4 is 10.5 Å². The Bertz CT molecular complexity index is 1580. The zero-order chi connectivity index (χ0) is 24.9.